The van der Waals surface area contributed by atoms with E-state index in [1.807, 2.05) is 0 Å². The Morgan fingerprint density at radius 2 is 0.949 bits per heavy atom. The lowest BCUT2D eigenvalue weighted by molar-refractivity contribution is 0.669. The Morgan fingerprint density at radius 3 is 1.69 bits per heavy atom. The van der Waals surface area contributed by atoms with Crippen LogP contribution in [0.1, 0.15) is 22.3 Å². The SMILES string of the molecule is c1ccc(N(c2ccc3c(c2)C2(c4ccccc4-c4ccccc42)c2ccccc2-3)c2ccc3oc4ccccc4c3c2-c2ccc3c(ccc4ccccc43)c2)cc1. The van der Waals surface area contributed by atoms with Gasteiger partial charge in [0.05, 0.1) is 11.1 Å². The van der Waals surface area contributed by atoms with Gasteiger partial charge in [0, 0.05) is 27.7 Å². The van der Waals surface area contributed by atoms with Gasteiger partial charge in [0.1, 0.15) is 11.2 Å². The molecule has 11 aromatic rings. The summed E-state index contributed by atoms with van der Waals surface area (Å²) in [5, 5.41) is 7.18. The predicted molar refractivity (Wildman–Crippen MR) is 245 cm³/mol. The molecule has 1 aromatic heterocycles. The lowest BCUT2D eigenvalue weighted by atomic mass is 9.70. The van der Waals surface area contributed by atoms with Crippen molar-refractivity contribution in [3.63, 3.8) is 0 Å². The van der Waals surface area contributed by atoms with E-state index in [9.17, 15) is 0 Å². The summed E-state index contributed by atoms with van der Waals surface area (Å²) in [4.78, 5) is 2.46. The third-order valence-corrected chi connectivity index (χ3v) is 13.0. The lowest BCUT2D eigenvalue weighted by Gasteiger charge is -2.33. The number of para-hydroxylation sites is 2. The smallest absolute Gasteiger partial charge is 0.136 e. The average Bonchev–Trinajstić information content (AvgIpc) is 3.93. The number of anilines is 3. The average molecular weight is 750 g/mol. The molecule has 0 unspecified atom stereocenters. The zero-order chi connectivity index (χ0) is 38.7. The van der Waals surface area contributed by atoms with Crippen molar-refractivity contribution >= 4 is 60.5 Å². The van der Waals surface area contributed by atoms with Gasteiger partial charge in [0.25, 0.3) is 0 Å². The van der Waals surface area contributed by atoms with Crippen molar-refractivity contribution in [1.82, 2.24) is 0 Å². The maximum absolute atomic E-state index is 6.61. The Bertz CT molecular complexity index is 3460. The molecule has 2 nitrogen and oxygen atoms in total. The Balaban J connectivity index is 1.12. The molecule has 0 aliphatic heterocycles. The Kier molecular flexibility index (Phi) is 6.68. The van der Waals surface area contributed by atoms with Gasteiger partial charge >= 0.3 is 0 Å². The molecule has 274 valence electrons. The van der Waals surface area contributed by atoms with Crippen LogP contribution in [0.15, 0.2) is 217 Å². The van der Waals surface area contributed by atoms with Crippen molar-refractivity contribution in [2.45, 2.75) is 5.41 Å². The molecular formula is C57H35NO. The summed E-state index contributed by atoms with van der Waals surface area (Å²) < 4.78 is 6.61. The monoisotopic (exact) mass is 749 g/mol. The van der Waals surface area contributed by atoms with Crippen LogP contribution < -0.4 is 4.90 Å². The van der Waals surface area contributed by atoms with Crippen LogP contribution in [0.4, 0.5) is 17.1 Å². The second-order valence-electron chi connectivity index (χ2n) is 15.9. The van der Waals surface area contributed by atoms with E-state index in [1.54, 1.807) is 0 Å². The van der Waals surface area contributed by atoms with Gasteiger partial charge in [-0.3, -0.25) is 0 Å². The van der Waals surface area contributed by atoms with Gasteiger partial charge in [-0.2, -0.15) is 0 Å². The fraction of sp³-hybridized carbons (Fsp3) is 0.0175. The number of hydrogen-bond acceptors (Lipinski definition) is 2. The zero-order valence-corrected chi connectivity index (χ0v) is 32.1. The highest BCUT2D eigenvalue weighted by molar-refractivity contribution is 6.18. The third kappa shape index (κ3) is 4.40. The number of rotatable bonds is 4. The number of nitrogens with zero attached hydrogens (tertiary/aromatic N) is 1. The van der Waals surface area contributed by atoms with Crippen molar-refractivity contribution in [3.05, 3.63) is 235 Å². The van der Waals surface area contributed by atoms with Gasteiger partial charge in [0.2, 0.25) is 0 Å². The maximum atomic E-state index is 6.61. The zero-order valence-electron chi connectivity index (χ0n) is 32.1. The second-order valence-corrected chi connectivity index (χ2v) is 15.9. The Labute approximate surface area is 341 Å². The molecule has 0 atom stereocenters. The molecule has 0 radical (unpaired) electrons. The summed E-state index contributed by atoms with van der Waals surface area (Å²) in [6, 6.07) is 78.1. The first kappa shape index (κ1) is 32.4. The number of benzene rings is 10. The third-order valence-electron chi connectivity index (χ3n) is 13.0. The highest BCUT2D eigenvalue weighted by Crippen LogP contribution is 2.63. The van der Waals surface area contributed by atoms with E-state index in [4.69, 9.17) is 4.42 Å². The first-order chi connectivity index (χ1) is 29.3. The van der Waals surface area contributed by atoms with E-state index < -0.39 is 5.41 Å². The highest BCUT2D eigenvalue weighted by atomic mass is 16.3. The number of hydrogen-bond donors (Lipinski definition) is 0. The number of fused-ring (bicyclic) bond motifs is 16. The summed E-state index contributed by atoms with van der Waals surface area (Å²) in [5.74, 6) is 0. The normalized spacial score (nSPS) is 13.2. The summed E-state index contributed by atoms with van der Waals surface area (Å²) >= 11 is 0. The van der Waals surface area contributed by atoms with Gasteiger partial charge in [-0.1, -0.05) is 164 Å². The summed E-state index contributed by atoms with van der Waals surface area (Å²) in [6.45, 7) is 0. The van der Waals surface area contributed by atoms with E-state index in [-0.39, 0.29) is 0 Å². The molecule has 0 bridgehead atoms. The quantitative estimate of drug-likeness (QED) is 0.167. The van der Waals surface area contributed by atoms with Crippen molar-refractivity contribution in [2.24, 2.45) is 0 Å². The minimum Gasteiger partial charge on any atom is -0.456 e. The fourth-order valence-corrected chi connectivity index (χ4v) is 10.7. The van der Waals surface area contributed by atoms with E-state index in [0.717, 1.165) is 50.1 Å². The van der Waals surface area contributed by atoms with E-state index in [2.05, 4.69) is 217 Å². The molecule has 2 heteroatoms. The highest BCUT2D eigenvalue weighted by Gasteiger charge is 2.51. The molecule has 13 rings (SSSR count). The van der Waals surface area contributed by atoms with E-state index >= 15 is 0 Å². The van der Waals surface area contributed by atoms with Crippen molar-refractivity contribution in [3.8, 4) is 33.4 Å². The van der Waals surface area contributed by atoms with Gasteiger partial charge in [0.15, 0.2) is 0 Å². The molecular weight excluding hydrogens is 715 g/mol. The standard InChI is InChI=1S/C57H35NO/c1-2-15-39(16-3-1)58(40-29-31-46-45-20-8-12-24-50(45)57(51(46)35-40)48-22-10-6-18-43(48)44-19-7-11-23-49(44)57)52-32-33-54-56(47-21-9-13-25-53(47)59-54)55(52)38-28-30-42-37(34-38)27-26-36-14-4-5-17-41(36)42/h1-35H. The van der Waals surface area contributed by atoms with Gasteiger partial charge in [-0.25, -0.2) is 0 Å². The van der Waals surface area contributed by atoms with Crippen LogP contribution in [-0.2, 0) is 5.41 Å². The van der Waals surface area contributed by atoms with Crippen LogP contribution in [0.3, 0.4) is 0 Å². The van der Waals surface area contributed by atoms with E-state index in [0.29, 0.717) is 0 Å². The predicted octanol–water partition coefficient (Wildman–Crippen LogP) is 15.4. The fourth-order valence-electron chi connectivity index (χ4n) is 10.7. The molecule has 2 aliphatic carbocycles. The molecule has 0 saturated heterocycles. The second kappa shape index (κ2) is 12.2. The van der Waals surface area contributed by atoms with Gasteiger partial charge in [-0.05, 0) is 120 Å². The lowest BCUT2D eigenvalue weighted by Crippen LogP contribution is -2.26. The molecule has 0 N–H and O–H groups in total. The molecule has 2 aliphatic rings. The molecule has 10 aromatic carbocycles. The Hall–Kier alpha value is -7.68. The molecule has 1 spiro atoms. The minimum atomic E-state index is -0.452. The molecule has 0 fully saturated rings. The summed E-state index contributed by atoms with van der Waals surface area (Å²) in [5.41, 5.74) is 17.4. The Morgan fingerprint density at radius 1 is 0.356 bits per heavy atom. The van der Waals surface area contributed by atoms with E-state index in [1.165, 1.54) is 66.1 Å². The van der Waals surface area contributed by atoms with Crippen LogP contribution in [0.25, 0.3) is 76.9 Å². The molecule has 0 amide bonds. The molecule has 1 heterocycles. The summed E-state index contributed by atoms with van der Waals surface area (Å²) in [6.07, 6.45) is 0. The topological polar surface area (TPSA) is 16.4 Å². The van der Waals surface area contributed by atoms with Crippen LogP contribution in [0, 0.1) is 0 Å². The molecule has 59 heavy (non-hydrogen) atoms. The van der Waals surface area contributed by atoms with Crippen molar-refractivity contribution in [2.75, 3.05) is 4.90 Å². The largest absolute Gasteiger partial charge is 0.456 e. The van der Waals surface area contributed by atoms with Crippen LogP contribution in [-0.4, -0.2) is 0 Å². The van der Waals surface area contributed by atoms with Crippen LogP contribution in [0.2, 0.25) is 0 Å². The first-order valence-electron chi connectivity index (χ1n) is 20.4. The maximum Gasteiger partial charge on any atom is 0.136 e. The minimum absolute atomic E-state index is 0.452. The van der Waals surface area contributed by atoms with Crippen molar-refractivity contribution in [1.29, 1.82) is 0 Å². The molecule has 0 saturated carbocycles. The number of furan rings is 1. The van der Waals surface area contributed by atoms with Crippen LogP contribution >= 0.6 is 0 Å². The van der Waals surface area contributed by atoms with Crippen molar-refractivity contribution < 1.29 is 4.42 Å². The van der Waals surface area contributed by atoms with Gasteiger partial charge in [-0.15, -0.1) is 0 Å². The first-order valence-corrected chi connectivity index (χ1v) is 20.4. The van der Waals surface area contributed by atoms with Gasteiger partial charge < -0.3 is 9.32 Å². The van der Waals surface area contributed by atoms with Crippen LogP contribution in [0.5, 0.6) is 0 Å². The summed E-state index contributed by atoms with van der Waals surface area (Å²) in [7, 11) is 0.